The van der Waals surface area contributed by atoms with Gasteiger partial charge in [-0.05, 0) is 6.92 Å². The van der Waals surface area contributed by atoms with E-state index in [0.29, 0.717) is 0 Å². The predicted octanol–water partition coefficient (Wildman–Crippen LogP) is 1.92. The van der Waals surface area contributed by atoms with Gasteiger partial charge in [-0.25, -0.2) is 0 Å². The lowest BCUT2D eigenvalue weighted by Gasteiger charge is -2.18. The van der Waals surface area contributed by atoms with E-state index in [1.165, 1.54) is 0 Å². The summed E-state index contributed by atoms with van der Waals surface area (Å²) in [7, 11) is 0. The van der Waals surface area contributed by atoms with Crippen LogP contribution in [0.2, 0.25) is 0 Å². The molecule has 0 heterocycles. The molecule has 0 aromatic carbocycles. The Balaban J connectivity index is 4.06. The minimum Gasteiger partial charge on any atom is -0.298 e. The van der Waals surface area contributed by atoms with Crippen molar-refractivity contribution in [2.24, 2.45) is 5.41 Å². The first-order valence-electron chi connectivity index (χ1n) is 3.08. The quantitative estimate of drug-likeness (QED) is 0.559. The molecule has 1 atom stereocenters. The van der Waals surface area contributed by atoms with Gasteiger partial charge in [-0.1, -0.05) is 20.8 Å². The summed E-state index contributed by atoms with van der Waals surface area (Å²) in [5.41, 5.74) is -0.235. The average Bonchev–Trinajstić information content (AvgIpc) is 1.62. The van der Waals surface area contributed by atoms with E-state index in [1.54, 1.807) is 6.92 Å². The molecule has 0 spiro atoms. The summed E-state index contributed by atoms with van der Waals surface area (Å²) in [6, 6.07) is 0. The zero-order valence-corrected chi connectivity index (χ0v) is 7.33. The van der Waals surface area contributed by atoms with Crippen LogP contribution in [0, 0.1) is 5.41 Å². The van der Waals surface area contributed by atoms with Crippen LogP contribution in [0.15, 0.2) is 0 Å². The van der Waals surface area contributed by atoms with Crippen molar-refractivity contribution in [2.75, 3.05) is 0 Å². The highest BCUT2D eigenvalue weighted by atomic mass is 32.1. The Morgan fingerprint density at radius 2 is 1.78 bits per heavy atom. The molecule has 0 radical (unpaired) electrons. The lowest BCUT2D eigenvalue weighted by Crippen LogP contribution is -2.26. The molecule has 0 aromatic heterocycles. The number of ketones is 1. The maximum Gasteiger partial charge on any atom is 0.150 e. The molecule has 0 N–H and O–H groups in total. The van der Waals surface area contributed by atoms with Gasteiger partial charge >= 0.3 is 0 Å². The first-order valence-corrected chi connectivity index (χ1v) is 3.59. The van der Waals surface area contributed by atoms with Gasteiger partial charge in [0.25, 0.3) is 0 Å². The summed E-state index contributed by atoms with van der Waals surface area (Å²) in [4.78, 5) is 11.1. The van der Waals surface area contributed by atoms with Crippen molar-refractivity contribution in [1.29, 1.82) is 0 Å². The Morgan fingerprint density at radius 3 is 1.78 bits per heavy atom. The first kappa shape index (κ1) is 9.02. The highest BCUT2D eigenvalue weighted by Crippen LogP contribution is 2.18. The van der Waals surface area contributed by atoms with Crippen LogP contribution in [-0.2, 0) is 4.79 Å². The van der Waals surface area contributed by atoms with Crippen LogP contribution in [0.25, 0.3) is 0 Å². The van der Waals surface area contributed by atoms with Crippen LogP contribution < -0.4 is 0 Å². The minimum absolute atomic E-state index is 0.134. The third-order valence-electron chi connectivity index (χ3n) is 1.12. The third-order valence-corrected chi connectivity index (χ3v) is 1.35. The van der Waals surface area contributed by atoms with E-state index in [-0.39, 0.29) is 16.4 Å². The van der Waals surface area contributed by atoms with E-state index in [2.05, 4.69) is 12.6 Å². The Kier molecular flexibility index (Phi) is 2.74. The number of rotatable bonds is 1. The number of Topliss-reactive ketones (excluding diaryl/α,β-unsaturated/α-hetero) is 1. The predicted molar refractivity (Wildman–Crippen MR) is 42.9 cm³/mol. The maximum atomic E-state index is 11.1. The van der Waals surface area contributed by atoms with Gasteiger partial charge in [-0.3, -0.25) is 4.79 Å². The van der Waals surface area contributed by atoms with Crippen LogP contribution >= 0.6 is 12.6 Å². The third kappa shape index (κ3) is 2.89. The van der Waals surface area contributed by atoms with E-state index in [0.717, 1.165) is 0 Å². The number of carbonyl (C=O) groups excluding carboxylic acids is 1. The fourth-order valence-corrected chi connectivity index (χ4v) is 1.01. The van der Waals surface area contributed by atoms with Crippen molar-refractivity contribution in [3.05, 3.63) is 0 Å². The van der Waals surface area contributed by atoms with Crippen molar-refractivity contribution < 1.29 is 4.79 Å². The van der Waals surface area contributed by atoms with Gasteiger partial charge in [-0.2, -0.15) is 12.6 Å². The SMILES string of the molecule is CC(S)C(=O)C(C)(C)C. The average molecular weight is 146 g/mol. The van der Waals surface area contributed by atoms with Gasteiger partial charge < -0.3 is 0 Å². The van der Waals surface area contributed by atoms with Crippen LogP contribution in [0.3, 0.4) is 0 Å². The number of hydrogen-bond acceptors (Lipinski definition) is 2. The summed E-state index contributed by atoms with van der Waals surface area (Å²) in [5, 5.41) is -0.134. The van der Waals surface area contributed by atoms with E-state index in [9.17, 15) is 4.79 Å². The van der Waals surface area contributed by atoms with E-state index >= 15 is 0 Å². The van der Waals surface area contributed by atoms with E-state index in [1.807, 2.05) is 20.8 Å². The van der Waals surface area contributed by atoms with Crippen LogP contribution in [-0.4, -0.2) is 11.0 Å². The van der Waals surface area contributed by atoms with Gasteiger partial charge in [0, 0.05) is 5.41 Å². The molecule has 2 heteroatoms. The summed E-state index contributed by atoms with van der Waals surface area (Å²) in [6.45, 7) is 7.52. The topological polar surface area (TPSA) is 17.1 Å². The summed E-state index contributed by atoms with van der Waals surface area (Å²) in [5.74, 6) is 0.200. The second-order valence-corrected chi connectivity index (χ2v) is 4.06. The van der Waals surface area contributed by atoms with Crippen LogP contribution in [0.4, 0.5) is 0 Å². The molecule has 0 aliphatic heterocycles. The Hall–Kier alpha value is 0.0200. The zero-order valence-electron chi connectivity index (χ0n) is 6.43. The van der Waals surface area contributed by atoms with Gasteiger partial charge in [-0.15, -0.1) is 0 Å². The molecule has 0 saturated heterocycles. The molecule has 54 valence electrons. The molecule has 1 nitrogen and oxygen atoms in total. The fourth-order valence-electron chi connectivity index (χ4n) is 0.627. The molecule has 0 aliphatic carbocycles. The van der Waals surface area contributed by atoms with Gasteiger partial charge in [0.2, 0.25) is 0 Å². The molecule has 0 aromatic rings. The molecule has 1 unspecified atom stereocenters. The van der Waals surface area contributed by atoms with Gasteiger partial charge in [0.15, 0.2) is 5.78 Å². The summed E-state index contributed by atoms with van der Waals surface area (Å²) >= 11 is 4.04. The monoisotopic (exact) mass is 146 g/mol. The second kappa shape index (κ2) is 2.74. The summed E-state index contributed by atoms with van der Waals surface area (Å²) < 4.78 is 0. The maximum absolute atomic E-state index is 11.1. The largest absolute Gasteiger partial charge is 0.298 e. The van der Waals surface area contributed by atoms with E-state index < -0.39 is 0 Å². The van der Waals surface area contributed by atoms with Crippen molar-refractivity contribution >= 4 is 18.4 Å². The van der Waals surface area contributed by atoms with Crippen molar-refractivity contribution in [2.45, 2.75) is 32.9 Å². The van der Waals surface area contributed by atoms with Gasteiger partial charge in [0.1, 0.15) is 0 Å². The Labute approximate surface area is 62.2 Å². The normalized spacial score (nSPS) is 15.2. The molecule has 9 heavy (non-hydrogen) atoms. The Bertz CT molecular complexity index is 111. The standard InChI is InChI=1S/C7H14OS/c1-5(9)6(8)7(2,3)4/h5,9H,1-4H3. The number of hydrogen-bond donors (Lipinski definition) is 1. The molecule has 0 bridgehead atoms. The molecule has 0 aliphatic rings. The van der Waals surface area contributed by atoms with Crippen molar-refractivity contribution in [3.8, 4) is 0 Å². The molecular formula is C7H14OS. The molecular weight excluding hydrogens is 132 g/mol. The zero-order chi connectivity index (χ0) is 7.65. The molecule has 0 fully saturated rings. The number of thiol groups is 1. The Morgan fingerprint density at radius 1 is 1.44 bits per heavy atom. The number of carbonyl (C=O) groups is 1. The molecule has 0 rings (SSSR count). The van der Waals surface area contributed by atoms with E-state index in [4.69, 9.17) is 0 Å². The fraction of sp³-hybridized carbons (Fsp3) is 0.857. The first-order chi connectivity index (χ1) is 3.85. The summed E-state index contributed by atoms with van der Waals surface area (Å²) in [6.07, 6.45) is 0. The lowest BCUT2D eigenvalue weighted by molar-refractivity contribution is -0.125. The minimum atomic E-state index is -0.235. The van der Waals surface area contributed by atoms with Crippen molar-refractivity contribution in [1.82, 2.24) is 0 Å². The smallest absolute Gasteiger partial charge is 0.150 e. The van der Waals surface area contributed by atoms with Gasteiger partial charge in [0.05, 0.1) is 5.25 Å². The van der Waals surface area contributed by atoms with Crippen LogP contribution in [0.1, 0.15) is 27.7 Å². The molecule has 0 saturated carbocycles. The second-order valence-electron chi connectivity index (χ2n) is 3.29. The molecule has 0 amide bonds. The van der Waals surface area contributed by atoms with Crippen molar-refractivity contribution in [3.63, 3.8) is 0 Å². The highest BCUT2D eigenvalue weighted by Gasteiger charge is 2.23. The lowest BCUT2D eigenvalue weighted by atomic mass is 9.89. The van der Waals surface area contributed by atoms with Crippen LogP contribution in [0.5, 0.6) is 0 Å². The highest BCUT2D eigenvalue weighted by molar-refractivity contribution is 7.81.